The van der Waals surface area contributed by atoms with Crippen LogP contribution in [-0.2, 0) is 4.79 Å². The number of benzene rings is 1. The Labute approximate surface area is 159 Å². The fraction of sp³-hybridized carbons (Fsp3) is 0.333. The van der Waals surface area contributed by atoms with Crippen molar-refractivity contribution < 1.29 is 9.90 Å². The van der Waals surface area contributed by atoms with Gasteiger partial charge in [0.05, 0.1) is 12.3 Å². The number of piperidine rings is 1. The first kappa shape index (κ1) is 17.7. The number of rotatable bonds is 3. The number of aromatic nitrogens is 4. The van der Waals surface area contributed by atoms with Gasteiger partial charge in [0.25, 0.3) is 5.56 Å². The van der Waals surface area contributed by atoms with Crippen LogP contribution in [0.25, 0.3) is 11.0 Å². The molecule has 8 nitrogen and oxygen atoms in total. The second-order valence-corrected chi connectivity index (χ2v) is 7.04. The van der Waals surface area contributed by atoms with Gasteiger partial charge in [-0.15, -0.1) is 0 Å². The standard InChI is InChI=1S/C18H18ClN5O3/c19-12-3-1-11(2-4-12)15(18(27)23-7-5-13(25)6-8-23)24-10-20-16-14(17(24)26)9-21-22-16/h1-4,9-10,13,15,25H,5-8H2,(H,21,22). The van der Waals surface area contributed by atoms with Gasteiger partial charge in [0.15, 0.2) is 5.65 Å². The number of fused-ring (bicyclic) bond motifs is 1. The molecule has 3 aromatic rings. The molecule has 1 aliphatic heterocycles. The van der Waals surface area contributed by atoms with E-state index in [1.807, 2.05) is 0 Å². The highest BCUT2D eigenvalue weighted by molar-refractivity contribution is 6.30. The van der Waals surface area contributed by atoms with E-state index >= 15 is 0 Å². The fourth-order valence-electron chi connectivity index (χ4n) is 3.36. The number of amides is 1. The van der Waals surface area contributed by atoms with Crippen LogP contribution in [0.5, 0.6) is 0 Å². The van der Waals surface area contributed by atoms with Crippen LogP contribution in [0.1, 0.15) is 24.4 Å². The first-order valence-corrected chi connectivity index (χ1v) is 9.05. The van der Waals surface area contributed by atoms with E-state index < -0.39 is 12.1 Å². The Morgan fingerprint density at radius 1 is 1.26 bits per heavy atom. The van der Waals surface area contributed by atoms with Crippen molar-refractivity contribution in [2.24, 2.45) is 0 Å². The van der Waals surface area contributed by atoms with Crippen LogP contribution >= 0.6 is 11.6 Å². The summed E-state index contributed by atoms with van der Waals surface area (Å²) in [5.74, 6) is -0.212. The van der Waals surface area contributed by atoms with Crippen LogP contribution in [0.3, 0.4) is 0 Å². The van der Waals surface area contributed by atoms with E-state index in [1.54, 1.807) is 29.2 Å². The molecule has 0 spiro atoms. The lowest BCUT2D eigenvalue weighted by Gasteiger charge is -2.33. The number of hydrogen-bond acceptors (Lipinski definition) is 5. The smallest absolute Gasteiger partial charge is 0.265 e. The van der Waals surface area contributed by atoms with Crippen LogP contribution < -0.4 is 5.56 Å². The minimum atomic E-state index is -0.864. The topological polar surface area (TPSA) is 104 Å². The Bertz CT molecular complexity index is 1020. The molecule has 9 heteroatoms. The van der Waals surface area contributed by atoms with Crippen LogP contribution in [0.4, 0.5) is 0 Å². The number of H-pyrrole nitrogens is 1. The van der Waals surface area contributed by atoms with E-state index in [2.05, 4.69) is 15.2 Å². The highest BCUT2D eigenvalue weighted by Gasteiger charge is 2.31. The van der Waals surface area contributed by atoms with Crippen LogP contribution in [0.2, 0.25) is 5.02 Å². The van der Waals surface area contributed by atoms with Gasteiger partial charge in [-0.1, -0.05) is 23.7 Å². The largest absolute Gasteiger partial charge is 0.393 e. The highest BCUT2D eigenvalue weighted by Crippen LogP contribution is 2.24. The first-order valence-electron chi connectivity index (χ1n) is 8.67. The lowest BCUT2D eigenvalue weighted by Crippen LogP contribution is -2.45. The molecule has 2 aromatic heterocycles. The van der Waals surface area contributed by atoms with Crippen molar-refractivity contribution >= 4 is 28.5 Å². The number of hydrogen-bond donors (Lipinski definition) is 2. The monoisotopic (exact) mass is 387 g/mol. The molecule has 1 aromatic carbocycles. The molecule has 0 radical (unpaired) electrons. The van der Waals surface area contributed by atoms with Crippen molar-refractivity contribution in [3.63, 3.8) is 0 Å². The number of halogens is 1. The summed E-state index contributed by atoms with van der Waals surface area (Å²) in [6.45, 7) is 0.889. The van der Waals surface area contributed by atoms with E-state index in [0.29, 0.717) is 47.6 Å². The maximum absolute atomic E-state index is 13.3. The van der Waals surface area contributed by atoms with Crippen LogP contribution in [0, 0.1) is 0 Å². The van der Waals surface area contributed by atoms with Gasteiger partial charge < -0.3 is 10.0 Å². The van der Waals surface area contributed by atoms with Gasteiger partial charge in [-0.3, -0.25) is 19.3 Å². The zero-order chi connectivity index (χ0) is 19.0. The van der Waals surface area contributed by atoms with Gasteiger partial charge in [-0.05, 0) is 30.5 Å². The van der Waals surface area contributed by atoms with Crippen molar-refractivity contribution in [2.75, 3.05) is 13.1 Å². The lowest BCUT2D eigenvalue weighted by molar-refractivity contribution is -0.135. The summed E-state index contributed by atoms with van der Waals surface area (Å²) < 4.78 is 1.33. The summed E-state index contributed by atoms with van der Waals surface area (Å²) in [5, 5.41) is 17.1. The summed E-state index contributed by atoms with van der Waals surface area (Å²) in [4.78, 5) is 32.1. The number of nitrogens with one attached hydrogen (secondary N) is 1. The maximum Gasteiger partial charge on any atom is 0.265 e. The number of likely N-dealkylation sites (tertiary alicyclic amines) is 1. The first-order chi connectivity index (χ1) is 13.0. The van der Waals surface area contributed by atoms with Gasteiger partial charge in [-0.25, -0.2) is 4.98 Å². The van der Waals surface area contributed by atoms with E-state index in [9.17, 15) is 14.7 Å². The Morgan fingerprint density at radius 2 is 1.96 bits per heavy atom. The third-order valence-electron chi connectivity index (χ3n) is 4.87. The van der Waals surface area contributed by atoms with Crippen LogP contribution in [0.15, 0.2) is 41.6 Å². The molecule has 140 valence electrons. The van der Waals surface area contributed by atoms with E-state index in [0.717, 1.165) is 0 Å². The number of aliphatic hydroxyl groups excluding tert-OH is 1. The van der Waals surface area contributed by atoms with E-state index in [4.69, 9.17) is 11.6 Å². The second-order valence-electron chi connectivity index (χ2n) is 6.60. The summed E-state index contributed by atoms with van der Waals surface area (Å²) in [5.41, 5.74) is 0.668. The molecular weight excluding hydrogens is 370 g/mol. The lowest BCUT2D eigenvalue weighted by atomic mass is 10.0. The molecule has 2 N–H and O–H groups in total. The average molecular weight is 388 g/mol. The van der Waals surface area contributed by atoms with E-state index in [-0.39, 0.29) is 11.5 Å². The number of aromatic amines is 1. The molecule has 1 aliphatic rings. The predicted molar refractivity (Wildman–Crippen MR) is 99.6 cm³/mol. The minimum absolute atomic E-state index is 0.212. The highest BCUT2D eigenvalue weighted by atomic mass is 35.5. The summed E-state index contributed by atoms with van der Waals surface area (Å²) in [7, 11) is 0. The molecule has 1 saturated heterocycles. The van der Waals surface area contributed by atoms with Crippen molar-refractivity contribution in [3.8, 4) is 0 Å². The Hall–Kier alpha value is -2.71. The van der Waals surface area contributed by atoms with Gasteiger partial charge in [-0.2, -0.15) is 5.10 Å². The molecule has 3 heterocycles. The molecule has 1 amide bonds. The molecule has 1 atom stereocenters. The van der Waals surface area contributed by atoms with E-state index in [1.165, 1.54) is 17.1 Å². The van der Waals surface area contributed by atoms with Gasteiger partial charge in [0.1, 0.15) is 17.8 Å². The fourth-order valence-corrected chi connectivity index (χ4v) is 3.48. The SMILES string of the molecule is O=C(C(c1ccc(Cl)cc1)n1cnc2[nH]ncc2c1=O)N1CCC(O)CC1. The average Bonchev–Trinajstić information content (AvgIpc) is 3.15. The number of aliphatic hydroxyl groups is 1. The quantitative estimate of drug-likeness (QED) is 0.705. The summed E-state index contributed by atoms with van der Waals surface area (Å²) in [6.07, 6.45) is 3.41. The zero-order valence-electron chi connectivity index (χ0n) is 14.4. The van der Waals surface area contributed by atoms with Crippen molar-refractivity contribution in [1.29, 1.82) is 0 Å². The maximum atomic E-state index is 13.3. The summed E-state index contributed by atoms with van der Waals surface area (Å²) in [6, 6.07) is 5.97. The Morgan fingerprint density at radius 3 is 2.67 bits per heavy atom. The molecule has 0 bridgehead atoms. The molecule has 1 unspecified atom stereocenters. The Balaban J connectivity index is 1.80. The minimum Gasteiger partial charge on any atom is -0.393 e. The number of carbonyl (C=O) groups is 1. The molecule has 0 aliphatic carbocycles. The van der Waals surface area contributed by atoms with Crippen LogP contribution in [-0.4, -0.2) is 54.9 Å². The van der Waals surface area contributed by atoms with Crippen molar-refractivity contribution in [1.82, 2.24) is 24.6 Å². The number of nitrogens with zero attached hydrogens (tertiary/aromatic N) is 4. The van der Waals surface area contributed by atoms with Gasteiger partial charge >= 0.3 is 0 Å². The van der Waals surface area contributed by atoms with Gasteiger partial charge in [0, 0.05) is 18.1 Å². The molecule has 4 rings (SSSR count). The third-order valence-corrected chi connectivity index (χ3v) is 5.12. The number of carbonyl (C=O) groups excluding carboxylic acids is 1. The molecule has 27 heavy (non-hydrogen) atoms. The van der Waals surface area contributed by atoms with Gasteiger partial charge in [0.2, 0.25) is 5.91 Å². The normalized spacial score (nSPS) is 16.6. The molecule has 1 fully saturated rings. The summed E-state index contributed by atoms with van der Waals surface area (Å²) >= 11 is 5.99. The third kappa shape index (κ3) is 3.33. The predicted octanol–water partition coefficient (Wildman–Crippen LogP) is 1.35. The van der Waals surface area contributed by atoms with Crippen molar-refractivity contribution in [3.05, 3.63) is 57.7 Å². The Kier molecular flexibility index (Phi) is 4.67. The van der Waals surface area contributed by atoms with Crippen molar-refractivity contribution in [2.45, 2.75) is 25.0 Å². The second kappa shape index (κ2) is 7.13. The molecular formula is C18H18ClN5O3. The zero-order valence-corrected chi connectivity index (χ0v) is 15.1. The molecule has 0 saturated carbocycles.